The van der Waals surface area contributed by atoms with Crippen molar-refractivity contribution in [3.8, 4) is 11.6 Å². The first kappa shape index (κ1) is 21.3. The third kappa shape index (κ3) is 4.00. The van der Waals surface area contributed by atoms with Crippen LogP contribution in [0.15, 0.2) is 52.3 Å². The molecule has 2 aromatic heterocycles. The molecule has 0 unspecified atom stereocenters. The van der Waals surface area contributed by atoms with Gasteiger partial charge in [-0.2, -0.15) is 4.98 Å². The standard InChI is InChI=1S/C23H21N3O3S2/c1-13(2)26-22(28)18(31-23(26)30)12-16-20(29-17-9-8-14(3)11-15(17)4)24-19-7-5-6-10-25(19)21(16)27/h5-13H,1-4H3/b18-12-. The molecule has 4 rings (SSSR count). The molecule has 3 aromatic rings. The van der Waals surface area contributed by atoms with Gasteiger partial charge >= 0.3 is 0 Å². The third-order valence-electron chi connectivity index (χ3n) is 4.89. The zero-order valence-electron chi connectivity index (χ0n) is 17.6. The van der Waals surface area contributed by atoms with E-state index in [-0.39, 0.29) is 29.0 Å². The van der Waals surface area contributed by atoms with Crippen LogP contribution in [0.25, 0.3) is 11.7 Å². The Hall–Kier alpha value is -2.97. The second-order valence-corrected chi connectivity index (χ2v) is 9.26. The van der Waals surface area contributed by atoms with Gasteiger partial charge in [-0.3, -0.25) is 18.9 Å². The average molecular weight is 452 g/mol. The van der Waals surface area contributed by atoms with Crippen molar-refractivity contribution in [2.24, 2.45) is 0 Å². The van der Waals surface area contributed by atoms with Crippen LogP contribution in [0, 0.1) is 13.8 Å². The van der Waals surface area contributed by atoms with Crippen LogP contribution in [0.2, 0.25) is 0 Å². The number of fused-ring (bicyclic) bond motifs is 1. The summed E-state index contributed by atoms with van der Waals surface area (Å²) in [5.74, 6) is 0.528. The Morgan fingerprint density at radius 2 is 1.94 bits per heavy atom. The normalized spacial score (nSPS) is 15.5. The van der Waals surface area contributed by atoms with Crippen LogP contribution >= 0.6 is 24.0 Å². The molecule has 0 saturated carbocycles. The average Bonchev–Trinajstić information content (AvgIpc) is 3.00. The smallest absolute Gasteiger partial charge is 0.269 e. The van der Waals surface area contributed by atoms with Gasteiger partial charge in [-0.25, -0.2) is 0 Å². The van der Waals surface area contributed by atoms with Crippen molar-refractivity contribution in [1.29, 1.82) is 0 Å². The Kier molecular flexibility index (Phi) is 5.68. The van der Waals surface area contributed by atoms with Gasteiger partial charge in [-0.05, 0) is 57.5 Å². The largest absolute Gasteiger partial charge is 0.438 e. The molecule has 3 heterocycles. The number of benzene rings is 1. The lowest BCUT2D eigenvalue weighted by Gasteiger charge is -2.18. The highest BCUT2D eigenvalue weighted by atomic mass is 32.2. The van der Waals surface area contributed by atoms with Gasteiger partial charge in [0.15, 0.2) is 0 Å². The Bertz CT molecular complexity index is 1310. The van der Waals surface area contributed by atoms with Crippen LogP contribution < -0.4 is 10.3 Å². The van der Waals surface area contributed by atoms with Gasteiger partial charge < -0.3 is 4.74 Å². The number of nitrogens with zero attached hydrogens (tertiary/aromatic N) is 3. The van der Waals surface area contributed by atoms with Gasteiger partial charge in [0.05, 0.1) is 4.91 Å². The first-order chi connectivity index (χ1) is 14.8. The number of carbonyl (C=O) groups excluding carboxylic acids is 1. The molecule has 1 aliphatic heterocycles. The minimum absolute atomic E-state index is 0.0693. The maximum atomic E-state index is 13.3. The van der Waals surface area contributed by atoms with E-state index in [1.165, 1.54) is 22.2 Å². The van der Waals surface area contributed by atoms with Crippen molar-refractivity contribution in [2.75, 3.05) is 0 Å². The van der Waals surface area contributed by atoms with E-state index in [0.29, 0.717) is 20.6 Å². The number of aryl methyl sites for hydroxylation is 2. The van der Waals surface area contributed by atoms with Gasteiger partial charge in [0.1, 0.15) is 21.3 Å². The molecular formula is C23H21N3O3S2. The second-order valence-electron chi connectivity index (χ2n) is 7.58. The molecule has 8 heteroatoms. The molecule has 0 radical (unpaired) electrons. The van der Waals surface area contributed by atoms with Crippen molar-refractivity contribution in [2.45, 2.75) is 33.7 Å². The highest BCUT2D eigenvalue weighted by Gasteiger charge is 2.34. The van der Waals surface area contributed by atoms with Gasteiger partial charge in [0, 0.05) is 12.2 Å². The summed E-state index contributed by atoms with van der Waals surface area (Å²) in [6, 6.07) is 11.0. The molecular weight excluding hydrogens is 430 g/mol. The fourth-order valence-electron chi connectivity index (χ4n) is 3.36. The highest BCUT2D eigenvalue weighted by Crippen LogP contribution is 2.35. The molecule has 1 fully saturated rings. The molecule has 0 spiro atoms. The first-order valence-electron chi connectivity index (χ1n) is 9.80. The number of thiocarbonyl (C=S) groups is 1. The number of thioether (sulfide) groups is 1. The molecule has 0 N–H and O–H groups in total. The minimum Gasteiger partial charge on any atom is -0.438 e. The number of amides is 1. The monoisotopic (exact) mass is 451 g/mol. The summed E-state index contributed by atoms with van der Waals surface area (Å²) in [5, 5.41) is 0. The number of ether oxygens (including phenoxy) is 1. The van der Waals surface area contributed by atoms with Crippen molar-refractivity contribution >= 4 is 45.9 Å². The van der Waals surface area contributed by atoms with Crippen molar-refractivity contribution in [3.63, 3.8) is 0 Å². The van der Waals surface area contributed by atoms with Gasteiger partial charge in [-0.15, -0.1) is 0 Å². The maximum Gasteiger partial charge on any atom is 0.269 e. The lowest BCUT2D eigenvalue weighted by molar-refractivity contribution is -0.123. The number of hydrogen-bond donors (Lipinski definition) is 0. The topological polar surface area (TPSA) is 63.9 Å². The molecule has 1 aromatic carbocycles. The van der Waals surface area contributed by atoms with Gasteiger partial charge in [0.2, 0.25) is 5.88 Å². The number of pyridine rings is 1. The summed E-state index contributed by atoms with van der Waals surface area (Å²) in [6.07, 6.45) is 3.18. The number of carbonyl (C=O) groups is 1. The Morgan fingerprint density at radius 3 is 2.61 bits per heavy atom. The first-order valence-corrected chi connectivity index (χ1v) is 11.0. The van der Waals surface area contributed by atoms with E-state index >= 15 is 0 Å². The molecule has 1 aliphatic rings. The van der Waals surface area contributed by atoms with E-state index in [4.69, 9.17) is 17.0 Å². The van der Waals surface area contributed by atoms with Crippen LogP contribution in [-0.4, -0.2) is 30.6 Å². The van der Waals surface area contributed by atoms with Crippen LogP contribution in [0.5, 0.6) is 11.6 Å². The second kappa shape index (κ2) is 8.28. The Balaban J connectivity index is 1.88. The third-order valence-corrected chi connectivity index (χ3v) is 6.22. The Labute approximate surface area is 189 Å². The molecule has 0 atom stereocenters. The summed E-state index contributed by atoms with van der Waals surface area (Å²) in [6.45, 7) is 7.73. The fourth-order valence-corrected chi connectivity index (χ4v) is 4.86. The number of hydrogen-bond acceptors (Lipinski definition) is 6. The quantitative estimate of drug-likeness (QED) is 0.423. The molecule has 1 amide bonds. The van der Waals surface area contributed by atoms with Crippen LogP contribution in [-0.2, 0) is 4.79 Å². The van der Waals surface area contributed by atoms with E-state index in [9.17, 15) is 9.59 Å². The van der Waals surface area contributed by atoms with Crippen LogP contribution in [0.1, 0.15) is 30.5 Å². The summed E-state index contributed by atoms with van der Waals surface area (Å²) < 4.78 is 8.00. The highest BCUT2D eigenvalue weighted by molar-refractivity contribution is 8.26. The van der Waals surface area contributed by atoms with E-state index in [2.05, 4.69) is 4.98 Å². The molecule has 158 valence electrons. The maximum absolute atomic E-state index is 13.3. The molecule has 6 nitrogen and oxygen atoms in total. The molecule has 1 saturated heterocycles. The number of aromatic nitrogens is 2. The molecule has 0 bridgehead atoms. The van der Waals surface area contributed by atoms with E-state index in [1.807, 2.05) is 45.9 Å². The predicted octanol–water partition coefficient (Wildman–Crippen LogP) is 4.71. The van der Waals surface area contributed by atoms with E-state index < -0.39 is 0 Å². The van der Waals surface area contributed by atoms with Crippen molar-refractivity contribution in [1.82, 2.24) is 14.3 Å². The van der Waals surface area contributed by atoms with Gasteiger partial charge in [-0.1, -0.05) is 47.7 Å². The minimum atomic E-state index is -0.319. The Morgan fingerprint density at radius 1 is 1.16 bits per heavy atom. The molecule has 0 aliphatic carbocycles. The lowest BCUT2D eigenvalue weighted by Crippen LogP contribution is -2.34. The summed E-state index contributed by atoms with van der Waals surface area (Å²) in [4.78, 5) is 32.7. The van der Waals surface area contributed by atoms with Crippen molar-refractivity contribution in [3.05, 3.63) is 74.5 Å². The van der Waals surface area contributed by atoms with Crippen molar-refractivity contribution < 1.29 is 9.53 Å². The van der Waals surface area contributed by atoms with Crippen LogP contribution in [0.3, 0.4) is 0 Å². The lowest BCUT2D eigenvalue weighted by atomic mass is 10.1. The fraction of sp³-hybridized carbons (Fsp3) is 0.217. The van der Waals surface area contributed by atoms with Crippen LogP contribution in [0.4, 0.5) is 0 Å². The summed E-state index contributed by atoms with van der Waals surface area (Å²) in [7, 11) is 0. The molecule has 31 heavy (non-hydrogen) atoms. The predicted molar refractivity (Wildman–Crippen MR) is 128 cm³/mol. The van der Waals surface area contributed by atoms with E-state index in [1.54, 1.807) is 29.3 Å². The number of rotatable bonds is 4. The SMILES string of the molecule is Cc1ccc(Oc2nc3ccccn3c(=O)c2/C=C2\SC(=S)N(C(C)C)C2=O)c(C)c1. The zero-order chi connectivity index (χ0) is 22.3. The summed E-state index contributed by atoms with van der Waals surface area (Å²) >= 11 is 6.54. The van der Waals surface area contributed by atoms with E-state index in [0.717, 1.165) is 11.1 Å². The zero-order valence-corrected chi connectivity index (χ0v) is 19.2. The summed E-state index contributed by atoms with van der Waals surface area (Å²) in [5.41, 5.74) is 2.37. The van der Waals surface area contributed by atoms with Gasteiger partial charge in [0.25, 0.3) is 11.5 Å².